The average molecular weight is 305 g/mol. The summed E-state index contributed by atoms with van der Waals surface area (Å²) in [6.45, 7) is 1.90. The summed E-state index contributed by atoms with van der Waals surface area (Å²) in [5.41, 5.74) is 0.446. The fourth-order valence-corrected chi connectivity index (χ4v) is 2.21. The largest absolute Gasteiger partial charge is 0.454 e. The summed E-state index contributed by atoms with van der Waals surface area (Å²) in [6, 6.07) is 7.63. The molecule has 4 nitrogen and oxygen atoms in total. The van der Waals surface area contributed by atoms with Gasteiger partial charge in [-0.2, -0.15) is 0 Å². The van der Waals surface area contributed by atoms with Crippen LogP contribution in [-0.4, -0.2) is 12.7 Å². The monoisotopic (exact) mass is 305 g/mol. The first-order valence-corrected chi connectivity index (χ1v) is 6.70. The molecule has 6 heteroatoms. The molecule has 1 unspecified atom stereocenters. The Morgan fingerprint density at radius 1 is 1.14 bits per heavy atom. The molecular formula is C16H13F2NO3. The number of carbonyl (C=O) groups excluding carboxylic acids is 1. The molecule has 0 saturated carbocycles. The van der Waals surface area contributed by atoms with Gasteiger partial charge in [0.2, 0.25) is 6.79 Å². The Hall–Kier alpha value is -2.63. The Balaban J connectivity index is 1.77. The summed E-state index contributed by atoms with van der Waals surface area (Å²) >= 11 is 0. The predicted molar refractivity (Wildman–Crippen MR) is 74.8 cm³/mol. The molecule has 1 aliphatic rings. The van der Waals surface area contributed by atoms with Crippen LogP contribution in [0.15, 0.2) is 36.4 Å². The molecule has 1 heterocycles. The topological polar surface area (TPSA) is 47.6 Å². The normalized spacial score (nSPS) is 13.8. The Labute approximate surface area is 125 Å². The molecule has 0 aromatic heterocycles. The number of nitrogens with one attached hydrogen (secondary N) is 1. The highest BCUT2D eigenvalue weighted by molar-refractivity contribution is 5.94. The van der Waals surface area contributed by atoms with Crippen molar-refractivity contribution in [1.29, 1.82) is 0 Å². The van der Waals surface area contributed by atoms with Crippen LogP contribution in [0.1, 0.15) is 28.9 Å². The summed E-state index contributed by atoms with van der Waals surface area (Å²) in [5, 5.41) is 2.63. The van der Waals surface area contributed by atoms with E-state index in [9.17, 15) is 13.6 Å². The van der Waals surface area contributed by atoms with E-state index in [2.05, 4.69) is 5.32 Å². The lowest BCUT2D eigenvalue weighted by Crippen LogP contribution is -2.27. The zero-order chi connectivity index (χ0) is 15.7. The van der Waals surface area contributed by atoms with E-state index in [-0.39, 0.29) is 12.4 Å². The highest BCUT2D eigenvalue weighted by Gasteiger charge is 2.19. The maximum absolute atomic E-state index is 13.6. The van der Waals surface area contributed by atoms with Crippen LogP contribution in [0.2, 0.25) is 0 Å². The first-order valence-electron chi connectivity index (χ1n) is 6.70. The van der Waals surface area contributed by atoms with E-state index in [1.165, 1.54) is 0 Å². The highest BCUT2D eigenvalue weighted by Crippen LogP contribution is 2.34. The van der Waals surface area contributed by atoms with E-state index < -0.39 is 23.6 Å². The third-order valence-corrected chi connectivity index (χ3v) is 3.42. The van der Waals surface area contributed by atoms with Gasteiger partial charge in [-0.25, -0.2) is 8.78 Å². The molecule has 1 N–H and O–H groups in total. The first kappa shape index (κ1) is 14.3. The Morgan fingerprint density at radius 3 is 2.73 bits per heavy atom. The van der Waals surface area contributed by atoms with Gasteiger partial charge < -0.3 is 14.8 Å². The van der Waals surface area contributed by atoms with E-state index in [4.69, 9.17) is 9.47 Å². The van der Waals surface area contributed by atoms with Crippen LogP contribution in [-0.2, 0) is 0 Å². The maximum Gasteiger partial charge on any atom is 0.254 e. The Morgan fingerprint density at radius 2 is 1.91 bits per heavy atom. The third kappa shape index (κ3) is 2.72. The summed E-state index contributed by atoms with van der Waals surface area (Å²) in [6.07, 6.45) is 0. The zero-order valence-electron chi connectivity index (χ0n) is 11.7. The molecule has 2 aromatic rings. The molecular weight excluding hydrogens is 292 g/mol. The number of amides is 1. The molecule has 1 amide bonds. The molecule has 2 aromatic carbocycles. The van der Waals surface area contributed by atoms with Gasteiger partial charge in [-0.3, -0.25) is 4.79 Å². The molecule has 0 aliphatic carbocycles. The second kappa shape index (κ2) is 5.63. The smallest absolute Gasteiger partial charge is 0.254 e. The molecule has 22 heavy (non-hydrogen) atoms. The van der Waals surface area contributed by atoms with Gasteiger partial charge in [0.05, 0.1) is 11.6 Å². The Bertz CT molecular complexity index is 733. The fourth-order valence-electron chi connectivity index (χ4n) is 2.21. The fraction of sp³-hybridized carbons (Fsp3) is 0.188. The molecule has 1 atom stereocenters. The second-order valence-corrected chi connectivity index (χ2v) is 4.93. The molecule has 0 fully saturated rings. The van der Waals surface area contributed by atoms with Crippen molar-refractivity contribution in [3.05, 3.63) is 59.2 Å². The van der Waals surface area contributed by atoms with Crippen LogP contribution in [0.5, 0.6) is 11.5 Å². The molecule has 1 aliphatic heterocycles. The second-order valence-electron chi connectivity index (χ2n) is 4.93. The first-order chi connectivity index (χ1) is 10.5. The van der Waals surface area contributed by atoms with Crippen molar-refractivity contribution >= 4 is 5.91 Å². The van der Waals surface area contributed by atoms with E-state index in [0.717, 1.165) is 23.8 Å². The van der Waals surface area contributed by atoms with Gasteiger partial charge in [0.25, 0.3) is 5.91 Å². The van der Waals surface area contributed by atoms with Gasteiger partial charge in [-0.15, -0.1) is 0 Å². The van der Waals surface area contributed by atoms with Gasteiger partial charge in [-0.1, -0.05) is 6.07 Å². The van der Waals surface area contributed by atoms with Crippen LogP contribution >= 0.6 is 0 Å². The van der Waals surface area contributed by atoms with Crippen molar-refractivity contribution in [3.63, 3.8) is 0 Å². The number of fused-ring (bicyclic) bond motifs is 1. The molecule has 3 rings (SSSR count). The van der Waals surface area contributed by atoms with Crippen molar-refractivity contribution in [2.24, 2.45) is 0 Å². The van der Waals surface area contributed by atoms with Crippen molar-refractivity contribution in [2.45, 2.75) is 13.0 Å². The lowest BCUT2D eigenvalue weighted by molar-refractivity contribution is 0.0935. The number of ether oxygens (including phenoxy) is 2. The minimum absolute atomic E-state index is 0.161. The lowest BCUT2D eigenvalue weighted by atomic mass is 10.1. The minimum atomic E-state index is -0.767. The molecule has 0 saturated heterocycles. The van der Waals surface area contributed by atoms with Gasteiger partial charge in [0.1, 0.15) is 11.6 Å². The van der Waals surface area contributed by atoms with Gasteiger partial charge in [-0.05, 0) is 42.8 Å². The lowest BCUT2D eigenvalue weighted by Gasteiger charge is -2.15. The number of hydrogen-bond donors (Lipinski definition) is 1. The summed E-state index contributed by atoms with van der Waals surface area (Å²) in [7, 11) is 0. The van der Waals surface area contributed by atoms with Crippen molar-refractivity contribution < 1.29 is 23.0 Å². The van der Waals surface area contributed by atoms with E-state index in [0.29, 0.717) is 11.5 Å². The van der Waals surface area contributed by atoms with Gasteiger partial charge in [0.15, 0.2) is 11.5 Å². The molecule has 114 valence electrons. The number of benzene rings is 2. The van der Waals surface area contributed by atoms with E-state index in [1.54, 1.807) is 25.1 Å². The SMILES string of the molecule is CC(NC(=O)c1cc(F)ccc1F)c1ccc2c(c1)OCO2. The van der Waals surface area contributed by atoms with Crippen molar-refractivity contribution in [2.75, 3.05) is 6.79 Å². The average Bonchev–Trinajstić information content (AvgIpc) is 2.97. The standard InChI is InChI=1S/C16H13F2NO3/c1-9(10-2-5-14-15(6-10)22-8-21-14)19-16(20)12-7-11(17)3-4-13(12)18/h2-7,9H,8H2,1H3,(H,19,20). The number of carbonyl (C=O) groups is 1. The van der Waals surface area contributed by atoms with Gasteiger partial charge >= 0.3 is 0 Å². The minimum Gasteiger partial charge on any atom is -0.454 e. The summed E-state index contributed by atoms with van der Waals surface area (Å²) in [5.74, 6) is -0.879. The van der Waals surface area contributed by atoms with Crippen LogP contribution in [0, 0.1) is 11.6 Å². The quantitative estimate of drug-likeness (QED) is 0.947. The molecule has 0 bridgehead atoms. The van der Waals surface area contributed by atoms with Crippen LogP contribution in [0.4, 0.5) is 8.78 Å². The summed E-state index contributed by atoms with van der Waals surface area (Å²) in [4.78, 5) is 12.1. The molecule has 0 radical (unpaired) electrons. The maximum atomic E-state index is 13.6. The van der Waals surface area contributed by atoms with Gasteiger partial charge in [0, 0.05) is 0 Å². The van der Waals surface area contributed by atoms with Crippen LogP contribution in [0.25, 0.3) is 0 Å². The van der Waals surface area contributed by atoms with Crippen molar-refractivity contribution in [3.8, 4) is 11.5 Å². The van der Waals surface area contributed by atoms with E-state index >= 15 is 0 Å². The predicted octanol–water partition coefficient (Wildman–Crippen LogP) is 3.18. The zero-order valence-corrected chi connectivity index (χ0v) is 11.7. The number of halogens is 2. The number of rotatable bonds is 3. The third-order valence-electron chi connectivity index (χ3n) is 3.42. The Kier molecular flexibility index (Phi) is 3.66. The summed E-state index contributed by atoms with van der Waals surface area (Å²) < 4.78 is 37.2. The van der Waals surface area contributed by atoms with E-state index in [1.807, 2.05) is 0 Å². The number of hydrogen-bond acceptors (Lipinski definition) is 3. The highest BCUT2D eigenvalue weighted by atomic mass is 19.1. The van der Waals surface area contributed by atoms with Crippen molar-refractivity contribution in [1.82, 2.24) is 5.32 Å². The van der Waals surface area contributed by atoms with Crippen LogP contribution in [0.3, 0.4) is 0 Å². The molecule has 0 spiro atoms. The van der Waals surface area contributed by atoms with Crippen LogP contribution < -0.4 is 14.8 Å².